The molecule has 1 aliphatic carbocycles. The van der Waals surface area contributed by atoms with E-state index in [4.69, 9.17) is 5.73 Å². The summed E-state index contributed by atoms with van der Waals surface area (Å²) in [5.41, 5.74) is 6.24. The Bertz CT molecular complexity index is 341. The molecule has 0 spiro atoms. The van der Waals surface area contributed by atoms with Gasteiger partial charge in [-0.1, -0.05) is 13.8 Å². The summed E-state index contributed by atoms with van der Waals surface area (Å²) in [4.78, 5) is 0. The molecule has 1 aromatic rings. The molecule has 1 aromatic heterocycles. The van der Waals surface area contributed by atoms with Crippen molar-refractivity contribution >= 4 is 0 Å². The van der Waals surface area contributed by atoms with Crippen LogP contribution in [0.4, 0.5) is 0 Å². The lowest BCUT2D eigenvalue weighted by atomic mass is 9.92. The molecule has 0 saturated heterocycles. The van der Waals surface area contributed by atoms with E-state index in [1.54, 1.807) is 0 Å². The number of nitrogens with zero attached hydrogens (tertiary/aromatic N) is 4. The minimum atomic E-state index is -0.0938. The Kier molecular flexibility index (Phi) is 2.50. The van der Waals surface area contributed by atoms with Crippen molar-refractivity contribution in [3.8, 4) is 0 Å². The summed E-state index contributed by atoms with van der Waals surface area (Å²) in [6.07, 6.45) is 3.52. The Hall–Kier alpha value is -0.970. The highest BCUT2D eigenvalue weighted by Gasteiger charge is 2.34. The Morgan fingerprint density at radius 3 is 2.80 bits per heavy atom. The highest BCUT2D eigenvalue weighted by atomic mass is 15.6. The average molecular weight is 209 g/mol. The van der Waals surface area contributed by atoms with Crippen LogP contribution < -0.4 is 5.73 Å². The first-order valence-electron chi connectivity index (χ1n) is 5.53. The van der Waals surface area contributed by atoms with E-state index in [-0.39, 0.29) is 6.04 Å². The summed E-state index contributed by atoms with van der Waals surface area (Å²) in [5, 5.41) is 11.8. The molecule has 0 aromatic carbocycles. The van der Waals surface area contributed by atoms with Gasteiger partial charge in [0.05, 0.1) is 12.1 Å². The molecule has 1 saturated carbocycles. The summed E-state index contributed by atoms with van der Waals surface area (Å²) in [6, 6.07) is 0.333. The van der Waals surface area contributed by atoms with Gasteiger partial charge in [-0.25, -0.2) is 4.68 Å². The minimum absolute atomic E-state index is 0.0938. The van der Waals surface area contributed by atoms with E-state index >= 15 is 0 Å². The fourth-order valence-electron chi connectivity index (χ4n) is 2.37. The van der Waals surface area contributed by atoms with Crippen LogP contribution in [0.3, 0.4) is 0 Å². The lowest BCUT2D eigenvalue weighted by Crippen LogP contribution is -2.18. The van der Waals surface area contributed by atoms with Crippen LogP contribution >= 0.6 is 0 Å². The van der Waals surface area contributed by atoms with Crippen molar-refractivity contribution in [2.45, 2.75) is 52.1 Å². The topological polar surface area (TPSA) is 69.6 Å². The van der Waals surface area contributed by atoms with Gasteiger partial charge in [-0.05, 0) is 42.0 Å². The molecule has 2 rings (SSSR count). The van der Waals surface area contributed by atoms with E-state index in [1.165, 1.54) is 6.42 Å². The second kappa shape index (κ2) is 3.56. The Balaban J connectivity index is 2.20. The molecule has 0 amide bonds. The van der Waals surface area contributed by atoms with E-state index in [1.807, 2.05) is 11.6 Å². The van der Waals surface area contributed by atoms with E-state index in [0.717, 1.165) is 18.7 Å². The molecule has 2 atom stereocenters. The fraction of sp³-hybridized carbons (Fsp3) is 0.900. The quantitative estimate of drug-likeness (QED) is 0.800. The van der Waals surface area contributed by atoms with Crippen LogP contribution in [0, 0.1) is 5.41 Å². The molecule has 1 fully saturated rings. The number of nitrogens with two attached hydrogens (primary N) is 1. The monoisotopic (exact) mass is 209 g/mol. The van der Waals surface area contributed by atoms with Gasteiger partial charge in [-0.3, -0.25) is 0 Å². The van der Waals surface area contributed by atoms with Crippen molar-refractivity contribution in [2.75, 3.05) is 0 Å². The smallest absolute Gasteiger partial charge is 0.167 e. The molecular formula is C10H19N5. The summed E-state index contributed by atoms with van der Waals surface area (Å²) in [7, 11) is 0. The Morgan fingerprint density at radius 1 is 1.53 bits per heavy atom. The van der Waals surface area contributed by atoms with E-state index in [0.29, 0.717) is 11.5 Å². The van der Waals surface area contributed by atoms with Crippen LogP contribution in [0.5, 0.6) is 0 Å². The van der Waals surface area contributed by atoms with E-state index in [2.05, 4.69) is 29.4 Å². The molecule has 5 nitrogen and oxygen atoms in total. The summed E-state index contributed by atoms with van der Waals surface area (Å²) in [6.45, 7) is 6.51. The number of aromatic nitrogens is 4. The Labute approximate surface area is 90.0 Å². The van der Waals surface area contributed by atoms with Gasteiger partial charge in [0, 0.05) is 0 Å². The van der Waals surface area contributed by atoms with Crippen molar-refractivity contribution in [1.29, 1.82) is 0 Å². The van der Waals surface area contributed by atoms with Gasteiger partial charge in [-0.15, -0.1) is 5.10 Å². The predicted octanol–water partition coefficient (Wildman–Crippen LogP) is 1.44. The summed E-state index contributed by atoms with van der Waals surface area (Å²) >= 11 is 0. The van der Waals surface area contributed by atoms with Crippen LogP contribution in [-0.2, 0) is 0 Å². The summed E-state index contributed by atoms with van der Waals surface area (Å²) < 4.78 is 1.92. The van der Waals surface area contributed by atoms with Gasteiger partial charge in [0.15, 0.2) is 5.82 Å². The zero-order chi connectivity index (χ0) is 11.1. The van der Waals surface area contributed by atoms with Gasteiger partial charge in [-0.2, -0.15) is 0 Å². The van der Waals surface area contributed by atoms with Crippen molar-refractivity contribution in [3.05, 3.63) is 5.82 Å². The van der Waals surface area contributed by atoms with Gasteiger partial charge in [0.2, 0.25) is 0 Å². The maximum absolute atomic E-state index is 5.83. The third-order valence-electron chi connectivity index (χ3n) is 3.21. The highest BCUT2D eigenvalue weighted by molar-refractivity contribution is 4.94. The van der Waals surface area contributed by atoms with Crippen LogP contribution in [-0.4, -0.2) is 20.2 Å². The van der Waals surface area contributed by atoms with Gasteiger partial charge in [0.1, 0.15) is 0 Å². The van der Waals surface area contributed by atoms with Crippen LogP contribution in [0.25, 0.3) is 0 Å². The maximum Gasteiger partial charge on any atom is 0.167 e. The normalized spacial score (nSPS) is 26.8. The van der Waals surface area contributed by atoms with Crippen molar-refractivity contribution in [1.82, 2.24) is 20.2 Å². The molecule has 0 aliphatic heterocycles. The van der Waals surface area contributed by atoms with E-state index < -0.39 is 0 Å². The molecule has 1 aliphatic rings. The molecule has 0 bridgehead atoms. The molecule has 2 N–H and O–H groups in total. The number of rotatable bonds is 2. The van der Waals surface area contributed by atoms with Crippen LogP contribution in [0.15, 0.2) is 0 Å². The predicted molar refractivity (Wildman–Crippen MR) is 57.1 cm³/mol. The van der Waals surface area contributed by atoms with Crippen LogP contribution in [0.1, 0.15) is 57.9 Å². The van der Waals surface area contributed by atoms with Gasteiger partial charge in [0.25, 0.3) is 0 Å². The van der Waals surface area contributed by atoms with Gasteiger partial charge >= 0.3 is 0 Å². The molecular weight excluding hydrogens is 190 g/mol. The largest absolute Gasteiger partial charge is 0.322 e. The fourth-order valence-corrected chi connectivity index (χ4v) is 2.37. The van der Waals surface area contributed by atoms with Gasteiger partial charge < -0.3 is 5.73 Å². The minimum Gasteiger partial charge on any atom is -0.322 e. The first kappa shape index (κ1) is 10.5. The molecule has 5 heteroatoms. The molecule has 0 radical (unpaired) electrons. The molecule has 15 heavy (non-hydrogen) atoms. The molecule has 84 valence electrons. The zero-order valence-corrected chi connectivity index (χ0v) is 9.64. The van der Waals surface area contributed by atoms with Crippen molar-refractivity contribution in [3.63, 3.8) is 0 Å². The SMILES string of the molecule is CC(N)c1nnnn1C1CCC(C)(C)C1. The van der Waals surface area contributed by atoms with E-state index in [9.17, 15) is 0 Å². The third-order valence-corrected chi connectivity index (χ3v) is 3.21. The third kappa shape index (κ3) is 2.02. The van der Waals surface area contributed by atoms with Crippen molar-refractivity contribution in [2.24, 2.45) is 11.1 Å². The lowest BCUT2D eigenvalue weighted by Gasteiger charge is -2.18. The van der Waals surface area contributed by atoms with Crippen molar-refractivity contribution < 1.29 is 0 Å². The zero-order valence-electron chi connectivity index (χ0n) is 9.64. The first-order chi connectivity index (χ1) is 6.99. The van der Waals surface area contributed by atoms with Crippen LogP contribution in [0.2, 0.25) is 0 Å². The molecule has 1 heterocycles. The number of hydrogen-bond donors (Lipinski definition) is 1. The summed E-state index contributed by atoms with van der Waals surface area (Å²) in [5.74, 6) is 0.803. The highest BCUT2D eigenvalue weighted by Crippen LogP contribution is 2.43. The Morgan fingerprint density at radius 2 is 2.27 bits per heavy atom. The second-order valence-electron chi connectivity index (χ2n) is 5.33. The number of tetrazole rings is 1. The maximum atomic E-state index is 5.83. The molecule has 2 unspecified atom stereocenters. The average Bonchev–Trinajstić information content (AvgIpc) is 2.69. The first-order valence-corrected chi connectivity index (χ1v) is 5.53. The standard InChI is InChI=1S/C10H19N5/c1-7(11)9-12-13-14-15(9)8-4-5-10(2,3)6-8/h7-8H,4-6,11H2,1-3H3. The second-order valence-corrected chi connectivity index (χ2v) is 5.33. The lowest BCUT2D eigenvalue weighted by molar-refractivity contribution is 0.341. The number of hydrogen-bond acceptors (Lipinski definition) is 4.